The topological polar surface area (TPSA) is 156 Å². The Morgan fingerprint density at radius 2 is 1.55 bits per heavy atom. The third-order valence-electron chi connectivity index (χ3n) is 4.32. The van der Waals surface area contributed by atoms with Gasteiger partial charge in [-0.05, 0) is 41.5 Å². The number of ether oxygens (including phenoxy) is 4. The van der Waals surface area contributed by atoms with Crippen molar-refractivity contribution in [2.75, 3.05) is 39.5 Å². The van der Waals surface area contributed by atoms with Crippen molar-refractivity contribution in [3.8, 4) is 6.07 Å². The maximum absolute atomic E-state index is 12.1. The number of carbonyl (C=O) groups is 2. The van der Waals surface area contributed by atoms with Crippen molar-refractivity contribution in [2.24, 2.45) is 0 Å². The Hall–Kier alpha value is -2.98. The molecule has 2 aliphatic rings. The molecule has 184 valence electrons. The second-order valence-electron chi connectivity index (χ2n) is 9.43. The van der Waals surface area contributed by atoms with Gasteiger partial charge in [0.25, 0.3) is 0 Å². The van der Waals surface area contributed by atoms with Gasteiger partial charge in [-0.3, -0.25) is 9.80 Å². The fourth-order valence-corrected chi connectivity index (χ4v) is 2.92. The number of carbonyl (C=O) groups excluding carboxylic acids is 2. The van der Waals surface area contributed by atoms with Gasteiger partial charge >= 0.3 is 12.2 Å². The second kappa shape index (κ2) is 11.2. The Morgan fingerprint density at radius 1 is 1.00 bits per heavy atom. The van der Waals surface area contributed by atoms with Crippen LogP contribution in [0.5, 0.6) is 0 Å². The van der Waals surface area contributed by atoms with Crippen LogP contribution in [0.3, 0.4) is 0 Å². The van der Waals surface area contributed by atoms with Crippen molar-refractivity contribution in [3.05, 3.63) is 5.82 Å². The van der Waals surface area contributed by atoms with Crippen LogP contribution in [0.1, 0.15) is 53.4 Å². The molecule has 0 saturated carbocycles. The number of rotatable bonds is 1. The summed E-state index contributed by atoms with van der Waals surface area (Å²) in [6.07, 6.45) is -0.835. The number of nitrogens with one attached hydrogen (secondary N) is 1. The molecule has 0 aliphatic carbocycles. The Balaban J connectivity index is 0.000000238. The molecule has 13 heteroatoms. The molecule has 1 N–H and O–H groups in total. The molecule has 0 bridgehead atoms. The molecular formula is C20H33N7O6. The van der Waals surface area contributed by atoms with Crippen LogP contribution in [-0.4, -0.2) is 99.4 Å². The zero-order chi connectivity index (χ0) is 24.6. The average molecular weight is 468 g/mol. The minimum Gasteiger partial charge on any atom is -0.444 e. The lowest BCUT2D eigenvalue weighted by atomic mass is 10.2. The Labute approximate surface area is 193 Å². The van der Waals surface area contributed by atoms with E-state index in [0.29, 0.717) is 38.7 Å². The van der Waals surface area contributed by atoms with E-state index in [0.717, 1.165) is 0 Å². The van der Waals surface area contributed by atoms with E-state index in [1.165, 1.54) is 4.90 Å². The molecule has 2 saturated heterocycles. The van der Waals surface area contributed by atoms with Crippen LogP contribution in [0.25, 0.3) is 0 Å². The molecule has 0 spiro atoms. The first-order valence-electron chi connectivity index (χ1n) is 10.7. The zero-order valence-corrected chi connectivity index (χ0v) is 20.0. The van der Waals surface area contributed by atoms with Crippen molar-refractivity contribution in [1.82, 2.24) is 30.4 Å². The number of nitrogens with zero attached hydrogens (tertiary/aromatic N) is 6. The first kappa shape index (κ1) is 26.3. The molecule has 33 heavy (non-hydrogen) atoms. The van der Waals surface area contributed by atoms with Crippen LogP contribution in [-0.2, 0) is 18.9 Å². The molecule has 0 radical (unpaired) electrons. The number of hydrogen-bond acceptors (Lipinski definition) is 10. The zero-order valence-electron chi connectivity index (χ0n) is 20.0. The normalized spacial score (nSPS) is 21.4. The summed E-state index contributed by atoms with van der Waals surface area (Å²) in [5.41, 5.74) is -1.06. The Bertz CT molecular complexity index is 812. The van der Waals surface area contributed by atoms with E-state index in [2.05, 4.69) is 20.6 Å². The van der Waals surface area contributed by atoms with Gasteiger partial charge in [-0.1, -0.05) is 5.21 Å². The maximum Gasteiger partial charge on any atom is 0.411 e. The number of aromatic nitrogens is 4. The molecule has 2 atom stereocenters. The summed E-state index contributed by atoms with van der Waals surface area (Å²) in [6.45, 7) is 13.3. The number of nitriles is 1. The third-order valence-corrected chi connectivity index (χ3v) is 4.32. The van der Waals surface area contributed by atoms with Gasteiger partial charge in [-0.25, -0.2) is 9.59 Å². The van der Waals surface area contributed by atoms with E-state index in [-0.39, 0.29) is 18.7 Å². The van der Waals surface area contributed by atoms with E-state index in [1.54, 1.807) is 25.7 Å². The monoisotopic (exact) mass is 467 g/mol. The van der Waals surface area contributed by atoms with E-state index in [4.69, 9.17) is 24.2 Å². The largest absolute Gasteiger partial charge is 0.444 e. The summed E-state index contributed by atoms with van der Waals surface area (Å²) >= 11 is 0. The molecule has 0 aromatic carbocycles. The number of aromatic amines is 1. The van der Waals surface area contributed by atoms with Crippen molar-refractivity contribution >= 4 is 12.2 Å². The highest BCUT2D eigenvalue weighted by Crippen LogP contribution is 2.23. The first-order chi connectivity index (χ1) is 15.4. The summed E-state index contributed by atoms with van der Waals surface area (Å²) in [6, 6.07) is 1.13. The first-order valence-corrected chi connectivity index (χ1v) is 10.7. The molecule has 1 aromatic rings. The van der Waals surface area contributed by atoms with Crippen LogP contribution in [0, 0.1) is 11.3 Å². The fourth-order valence-electron chi connectivity index (χ4n) is 2.92. The minimum absolute atomic E-state index is 0.260. The van der Waals surface area contributed by atoms with Crippen LogP contribution >= 0.6 is 0 Å². The summed E-state index contributed by atoms with van der Waals surface area (Å²) in [4.78, 5) is 26.7. The summed E-state index contributed by atoms with van der Waals surface area (Å²) in [5.74, 6) is 0.431. The average Bonchev–Trinajstić information content (AvgIpc) is 3.26. The predicted octanol–water partition coefficient (Wildman–Crippen LogP) is 1.65. The van der Waals surface area contributed by atoms with Gasteiger partial charge in [0.2, 0.25) is 0 Å². The predicted molar refractivity (Wildman–Crippen MR) is 114 cm³/mol. The van der Waals surface area contributed by atoms with Gasteiger partial charge in [-0.2, -0.15) is 10.5 Å². The highest BCUT2D eigenvalue weighted by molar-refractivity contribution is 5.69. The maximum atomic E-state index is 12.1. The molecule has 3 heterocycles. The molecule has 2 amide bonds. The quantitative estimate of drug-likeness (QED) is 0.644. The van der Waals surface area contributed by atoms with Crippen LogP contribution < -0.4 is 0 Å². The molecular weight excluding hydrogens is 434 g/mol. The van der Waals surface area contributed by atoms with E-state index in [9.17, 15) is 9.59 Å². The van der Waals surface area contributed by atoms with Crippen molar-refractivity contribution in [3.63, 3.8) is 0 Å². The lowest BCUT2D eigenvalue weighted by Crippen LogP contribution is -2.49. The molecule has 2 unspecified atom stereocenters. The highest BCUT2D eigenvalue weighted by Gasteiger charge is 2.34. The SMILES string of the molecule is CC(C)(C)OC(=O)N1CCOCC1C#N.CC(C)(C)OC(=O)N1CCOCC1c1nn[nH]n1. The lowest BCUT2D eigenvalue weighted by Gasteiger charge is -2.34. The molecule has 2 aliphatic heterocycles. The van der Waals surface area contributed by atoms with Crippen molar-refractivity contribution < 1.29 is 28.5 Å². The molecule has 3 rings (SSSR count). The van der Waals surface area contributed by atoms with Gasteiger partial charge in [0.05, 0.1) is 32.5 Å². The van der Waals surface area contributed by atoms with Gasteiger partial charge in [0.15, 0.2) is 5.82 Å². The van der Waals surface area contributed by atoms with Crippen LogP contribution in [0.15, 0.2) is 0 Å². The third kappa shape index (κ3) is 8.47. The number of amides is 2. The second-order valence-corrected chi connectivity index (χ2v) is 9.43. The van der Waals surface area contributed by atoms with Crippen LogP contribution in [0.4, 0.5) is 9.59 Å². The van der Waals surface area contributed by atoms with Gasteiger partial charge in [-0.15, -0.1) is 10.2 Å². The number of tetrazole rings is 1. The number of hydrogen-bond donors (Lipinski definition) is 1. The highest BCUT2D eigenvalue weighted by atomic mass is 16.6. The smallest absolute Gasteiger partial charge is 0.411 e. The number of H-pyrrole nitrogens is 1. The number of morpholine rings is 2. The summed E-state index contributed by atoms with van der Waals surface area (Å²) in [7, 11) is 0. The summed E-state index contributed by atoms with van der Waals surface area (Å²) < 4.78 is 21.0. The van der Waals surface area contributed by atoms with Crippen molar-refractivity contribution in [1.29, 1.82) is 5.26 Å². The fraction of sp³-hybridized carbons (Fsp3) is 0.800. The van der Waals surface area contributed by atoms with Gasteiger partial charge in [0.1, 0.15) is 23.3 Å². The Kier molecular flexibility index (Phi) is 8.95. The van der Waals surface area contributed by atoms with Gasteiger partial charge in [0, 0.05) is 13.1 Å². The summed E-state index contributed by atoms with van der Waals surface area (Å²) in [5, 5.41) is 22.5. The van der Waals surface area contributed by atoms with E-state index >= 15 is 0 Å². The van der Waals surface area contributed by atoms with Gasteiger partial charge < -0.3 is 18.9 Å². The minimum atomic E-state index is -0.534. The molecule has 1 aromatic heterocycles. The lowest BCUT2D eigenvalue weighted by molar-refractivity contribution is -0.0351. The van der Waals surface area contributed by atoms with E-state index < -0.39 is 23.3 Å². The molecule has 2 fully saturated rings. The Morgan fingerprint density at radius 3 is 2.06 bits per heavy atom. The van der Waals surface area contributed by atoms with Crippen molar-refractivity contribution in [2.45, 2.75) is 64.8 Å². The molecule has 13 nitrogen and oxygen atoms in total. The van der Waals surface area contributed by atoms with E-state index in [1.807, 2.05) is 26.8 Å². The van der Waals surface area contributed by atoms with Crippen LogP contribution in [0.2, 0.25) is 0 Å². The standard InChI is InChI=1S/C10H17N5O3.C10H16N2O3/c1-10(2,3)18-9(16)15-4-5-17-6-7(15)8-11-13-14-12-8;1-10(2,3)15-9(13)12-4-5-14-7-8(12)6-11/h7H,4-6H2,1-3H3,(H,11,12,13,14);8H,4-5,7H2,1-3H3.